The summed E-state index contributed by atoms with van der Waals surface area (Å²) >= 11 is 5.89. The SMILES string of the molecule is O=C(O)C1CCC(n2c(Cl)c[nH]c2=O)CC1. The molecule has 0 bridgehead atoms. The van der Waals surface area contributed by atoms with Crippen LogP contribution in [0.3, 0.4) is 0 Å². The lowest BCUT2D eigenvalue weighted by atomic mass is 9.86. The van der Waals surface area contributed by atoms with E-state index in [0.29, 0.717) is 30.8 Å². The van der Waals surface area contributed by atoms with Crippen LogP contribution < -0.4 is 5.69 Å². The zero-order valence-corrected chi connectivity index (χ0v) is 9.41. The third kappa shape index (κ3) is 2.00. The van der Waals surface area contributed by atoms with Gasteiger partial charge in [0.2, 0.25) is 0 Å². The van der Waals surface area contributed by atoms with Crippen molar-refractivity contribution < 1.29 is 9.90 Å². The standard InChI is InChI=1S/C10H13ClN2O3/c11-8-5-12-10(16)13(8)7-3-1-6(2-4-7)9(14)15/h5-7H,1-4H2,(H,12,16)(H,14,15). The molecule has 1 aliphatic rings. The zero-order chi connectivity index (χ0) is 11.7. The van der Waals surface area contributed by atoms with Crippen LogP contribution in [0, 0.1) is 5.92 Å². The molecular formula is C10H13ClN2O3. The molecule has 0 saturated heterocycles. The van der Waals surface area contributed by atoms with Gasteiger partial charge in [-0.1, -0.05) is 11.6 Å². The highest BCUT2D eigenvalue weighted by atomic mass is 35.5. The number of imidazole rings is 1. The Hall–Kier alpha value is -1.23. The Labute approximate surface area is 97.0 Å². The summed E-state index contributed by atoms with van der Waals surface area (Å²) in [6.07, 6.45) is 4.05. The fourth-order valence-electron chi connectivity index (χ4n) is 2.28. The van der Waals surface area contributed by atoms with Crippen LogP contribution in [0.4, 0.5) is 0 Å². The van der Waals surface area contributed by atoms with Crippen molar-refractivity contribution in [1.82, 2.24) is 9.55 Å². The maximum absolute atomic E-state index is 11.5. The van der Waals surface area contributed by atoms with Gasteiger partial charge in [0.1, 0.15) is 5.15 Å². The van der Waals surface area contributed by atoms with Gasteiger partial charge in [-0.15, -0.1) is 0 Å². The number of rotatable bonds is 2. The molecule has 1 heterocycles. The largest absolute Gasteiger partial charge is 0.481 e. The third-order valence-corrected chi connectivity index (χ3v) is 3.47. The molecule has 0 unspecified atom stereocenters. The summed E-state index contributed by atoms with van der Waals surface area (Å²) in [4.78, 5) is 24.8. The number of carboxylic acids is 1. The van der Waals surface area contributed by atoms with Gasteiger partial charge in [0, 0.05) is 12.2 Å². The number of aliphatic carboxylic acids is 1. The molecule has 0 amide bonds. The molecule has 0 radical (unpaired) electrons. The zero-order valence-electron chi connectivity index (χ0n) is 8.65. The Balaban J connectivity index is 2.10. The Bertz CT molecular complexity index is 443. The van der Waals surface area contributed by atoms with Crippen LogP contribution in [0.2, 0.25) is 5.15 Å². The van der Waals surface area contributed by atoms with E-state index in [1.165, 1.54) is 10.8 Å². The first-order chi connectivity index (χ1) is 7.59. The van der Waals surface area contributed by atoms with Gasteiger partial charge in [0.05, 0.1) is 5.92 Å². The van der Waals surface area contributed by atoms with Crippen LogP contribution >= 0.6 is 11.6 Å². The van der Waals surface area contributed by atoms with Crippen molar-refractivity contribution in [2.45, 2.75) is 31.7 Å². The number of H-pyrrole nitrogens is 1. The Morgan fingerprint density at radius 2 is 2.06 bits per heavy atom. The average molecular weight is 245 g/mol. The van der Waals surface area contributed by atoms with Crippen molar-refractivity contribution >= 4 is 17.6 Å². The van der Waals surface area contributed by atoms with Gasteiger partial charge in [0.15, 0.2) is 0 Å². The number of aromatic amines is 1. The average Bonchev–Trinajstić information content (AvgIpc) is 2.59. The van der Waals surface area contributed by atoms with Gasteiger partial charge in [-0.05, 0) is 25.7 Å². The summed E-state index contributed by atoms with van der Waals surface area (Å²) in [5.74, 6) is -1.02. The molecular weight excluding hydrogens is 232 g/mol. The van der Waals surface area contributed by atoms with E-state index in [1.807, 2.05) is 0 Å². The van der Waals surface area contributed by atoms with E-state index in [2.05, 4.69) is 4.98 Å². The molecule has 16 heavy (non-hydrogen) atoms. The second-order valence-corrected chi connectivity index (χ2v) is 4.52. The molecule has 0 aliphatic heterocycles. The maximum Gasteiger partial charge on any atom is 0.326 e. The molecule has 2 rings (SSSR count). The van der Waals surface area contributed by atoms with Crippen LogP contribution in [0.1, 0.15) is 31.7 Å². The van der Waals surface area contributed by atoms with Gasteiger partial charge >= 0.3 is 11.7 Å². The van der Waals surface area contributed by atoms with Crippen LogP contribution in [-0.2, 0) is 4.79 Å². The lowest BCUT2D eigenvalue weighted by molar-refractivity contribution is -0.143. The van der Waals surface area contributed by atoms with Gasteiger partial charge in [-0.3, -0.25) is 9.36 Å². The molecule has 1 saturated carbocycles. The van der Waals surface area contributed by atoms with Gasteiger partial charge in [0.25, 0.3) is 0 Å². The summed E-state index contributed by atoms with van der Waals surface area (Å²) in [5.41, 5.74) is -0.219. The fourth-order valence-corrected chi connectivity index (χ4v) is 2.55. The fraction of sp³-hybridized carbons (Fsp3) is 0.600. The molecule has 0 spiro atoms. The molecule has 0 atom stereocenters. The molecule has 5 nitrogen and oxygen atoms in total. The molecule has 1 fully saturated rings. The number of carbonyl (C=O) groups is 1. The minimum Gasteiger partial charge on any atom is -0.481 e. The topological polar surface area (TPSA) is 75.1 Å². The lowest BCUT2D eigenvalue weighted by Crippen LogP contribution is -2.28. The molecule has 1 aromatic heterocycles. The summed E-state index contributed by atoms with van der Waals surface area (Å²) in [6.45, 7) is 0. The minimum atomic E-state index is -0.744. The third-order valence-electron chi connectivity index (χ3n) is 3.17. The molecule has 1 aliphatic carbocycles. The van der Waals surface area contributed by atoms with E-state index in [-0.39, 0.29) is 17.6 Å². The summed E-state index contributed by atoms with van der Waals surface area (Å²) in [6, 6.07) is 0.0295. The van der Waals surface area contributed by atoms with E-state index in [1.54, 1.807) is 0 Å². The van der Waals surface area contributed by atoms with Crippen LogP contribution in [0.25, 0.3) is 0 Å². The van der Waals surface area contributed by atoms with E-state index in [0.717, 1.165) is 0 Å². The van der Waals surface area contributed by atoms with Crippen molar-refractivity contribution in [1.29, 1.82) is 0 Å². The number of hydrogen-bond donors (Lipinski definition) is 2. The Kier molecular flexibility index (Phi) is 3.05. The number of nitrogens with one attached hydrogen (secondary N) is 1. The van der Waals surface area contributed by atoms with Crippen molar-refractivity contribution in [2.75, 3.05) is 0 Å². The normalized spacial score (nSPS) is 25.6. The summed E-state index contributed by atoms with van der Waals surface area (Å²) in [7, 11) is 0. The van der Waals surface area contributed by atoms with Gasteiger partial charge in [-0.2, -0.15) is 0 Å². The minimum absolute atomic E-state index is 0.0295. The highest BCUT2D eigenvalue weighted by molar-refractivity contribution is 6.29. The van der Waals surface area contributed by atoms with Gasteiger partial charge in [-0.25, -0.2) is 4.79 Å². The number of halogens is 1. The molecule has 2 N–H and O–H groups in total. The summed E-state index contributed by atoms with van der Waals surface area (Å²) in [5, 5.41) is 9.26. The van der Waals surface area contributed by atoms with E-state index >= 15 is 0 Å². The van der Waals surface area contributed by atoms with E-state index < -0.39 is 5.97 Å². The maximum atomic E-state index is 11.5. The van der Waals surface area contributed by atoms with Crippen molar-refractivity contribution in [3.05, 3.63) is 21.8 Å². The predicted octanol–water partition coefficient (Wildman–Crippen LogP) is 1.65. The van der Waals surface area contributed by atoms with Crippen LogP contribution in [0.5, 0.6) is 0 Å². The Morgan fingerprint density at radius 3 is 2.50 bits per heavy atom. The second-order valence-electron chi connectivity index (χ2n) is 4.13. The molecule has 88 valence electrons. The first kappa shape index (κ1) is 11.3. The number of aromatic nitrogens is 2. The van der Waals surface area contributed by atoms with E-state index in [4.69, 9.17) is 16.7 Å². The number of carboxylic acid groups (broad SMARTS) is 1. The highest BCUT2D eigenvalue weighted by Crippen LogP contribution is 2.32. The van der Waals surface area contributed by atoms with E-state index in [9.17, 15) is 9.59 Å². The van der Waals surface area contributed by atoms with Gasteiger partial charge < -0.3 is 10.1 Å². The molecule has 6 heteroatoms. The van der Waals surface area contributed by atoms with Crippen molar-refractivity contribution in [2.24, 2.45) is 5.92 Å². The number of nitrogens with zero attached hydrogens (tertiary/aromatic N) is 1. The lowest BCUT2D eigenvalue weighted by Gasteiger charge is -2.26. The highest BCUT2D eigenvalue weighted by Gasteiger charge is 2.28. The first-order valence-corrected chi connectivity index (χ1v) is 5.65. The monoisotopic (exact) mass is 244 g/mol. The number of hydrogen-bond acceptors (Lipinski definition) is 2. The Morgan fingerprint density at radius 1 is 1.44 bits per heavy atom. The first-order valence-electron chi connectivity index (χ1n) is 5.28. The quantitative estimate of drug-likeness (QED) is 0.831. The summed E-state index contributed by atoms with van der Waals surface area (Å²) < 4.78 is 1.51. The van der Waals surface area contributed by atoms with Crippen molar-refractivity contribution in [3.63, 3.8) is 0 Å². The molecule has 1 aromatic rings. The second kappa shape index (κ2) is 4.33. The molecule has 0 aromatic carbocycles. The van der Waals surface area contributed by atoms with Crippen LogP contribution in [0.15, 0.2) is 11.0 Å². The van der Waals surface area contributed by atoms with Crippen molar-refractivity contribution in [3.8, 4) is 0 Å². The smallest absolute Gasteiger partial charge is 0.326 e. The van der Waals surface area contributed by atoms with Crippen LogP contribution in [-0.4, -0.2) is 20.6 Å². The predicted molar refractivity (Wildman–Crippen MR) is 58.7 cm³/mol.